The van der Waals surface area contributed by atoms with Crippen molar-refractivity contribution in [3.63, 3.8) is 0 Å². The van der Waals surface area contributed by atoms with Crippen molar-refractivity contribution in [2.45, 2.75) is 20.2 Å². The van der Waals surface area contributed by atoms with Crippen LogP contribution in [0.2, 0.25) is 0 Å². The number of carbonyl (C=O) groups excluding carboxylic acids is 1. The highest BCUT2D eigenvalue weighted by atomic mass is 19.4. The predicted molar refractivity (Wildman–Crippen MR) is 79.3 cm³/mol. The lowest BCUT2D eigenvalue weighted by molar-refractivity contribution is -0.274. The molecule has 0 saturated carbocycles. The molecule has 0 bridgehead atoms. The van der Waals surface area contributed by atoms with Crippen molar-refractivity contribution in [2.75, 3.05) is 6.61 Å². The Hall–Kier alpha value is -2.50. The van der Waals surface area contributed by atoms with Crippen LogP contribution in [-0.2, 0) is 4.74 Å². The molecular formula is C17H15F3O3. The standard InChI is InChI=1S/C17H15F3O3/c1-3-22-16(21)15-9-6-13(10-11(15)2)12-4-7-14(8-5-12)23-17(18,19)20/h4-10H,3H2,1-2H3. The van der Waals surface area contributed by atoms with Crippen molar-refractivity contribution in [2.24, 2.45) is 0 Å². The van der Waals surface area contributed by atoms with E-state index < -0.39 is 12.3 Å². The molecule has 122 valence electrons. The maximum atomic E-state index is 12.1. The van der Waals surface area contributed by atoms with Gasteiger partial charge in [0.1, 0.15) is 5.75 Å². The smallest absolute Gasteiger partial charge is 0.462 e. The molecule has 0 aromatic heterocycles. The Morgan fingerprint density at radius 2 is 1.65 bits per heavy atom. The predicted octanol–water partition coefficient (Wildman–Crippen LogP) is 4.74. The summed E-state index contributed by atoms with van der Waals surface area (Å²) in [5, 5.41) is 0. The first-order valence-electron chi connectivity index (χ1n) is 6.94. The third-order valence-corrected chi connectivity index (χ3v) is 3.14. The minimum atomic E-state index is -4.71. The fourth-order valence-electron chi connectivity index (χ4n) is 2.13. The van der Waals surface area contributed by atoms with E-state index in [0.29, 0.717) is 12.2 Å². The highest BCUT2D eigenvalue weighted by Crippen LogP contribution is 2.27. The summed E-state index contributed by atoms with van der Waals surface area (Å²) in [5.41, 5.74) is 2.70. The summed E-state index contributed by atoms with van der Waals surface area (Å²) in [4.78, 5) is 11.7. The Kier molecular flexibility index (Phi) is 4.93. The molecule has 0 unspecified atom stereocenters. The second-order valence-corrected chi connectivity index (χ2v) is 4.82. The molecule has 23 heavy (non-hydrogen) atoms. The first-order chi connectivity index (χ1) is 10.8. The lowest BCUT2D eigenvalue weighted by Crippen LogP contribution is -2.16. The topological polar surface area (TPSA) is 35.5 Å². The number of esters is 1. The molecule has 0 heterocycles. The van der Waals surface area contributed by atoms with E-state index in [9.17, 15) is 18.0 Å². The average molecular weight is 324 g/mol. The van der Waals surface area contributed by atoms with Gasteiger partial charge in [0.25, 0.3) is 0 Å². The molecule has 2 aromatic carbocycles. The first-order valence-corrected chi connectivity index (χ1v) is 6.94. The van der Waals surface area contributed by atoms with E-state index in [1.807, 2.05) is 0 Å². The van der Waals surface area contributed by atoms with Gasteiger partial charge in [-0.3, -0.25) is 0 Å². The van der Waals surface area contributed by atoms with Crippen LogP contribution < -0.4 is 4.74 Å². The van der Waals surface area contributed by atoms with E-state index in [4.69, 9.17) is 4.74 Å². The molecular weight excluding hydrogens is 309 g/mol. The highest BCUT2D eigenvalue weighted by molar-refractivity contribution is 5.91. The summed E-state index contributed by atoms with van der Waals surface area (Å²) in [6.07, 6.45) is -4.71. The Bertz CT molecular complexity index is 691. The van der Waals surface area contributed by atoms with Crippen molar-refractivity contribution in [1.82, 2.24) is 0 Å². The van der Waals surface area contributed by atoms with Crippen LogP contribution in [0.3, 0.4) is 0 Å². The van der Waals surface area contributed by atoms with E-state index in [1.54, 1.807) is 32.0 Å². The molecule has 6 heteroatoms. The number of ether oxygens (including phenoxy) is 2. The third-order valence-electron chi connectivity index (χ3n) is 3.14. The molecule has 0 aliphatic heterocycles. The molecule has 0 N–H and O–H groups in total. The number of hydrogen-bond acceptors (Lipinski definition) is 3. The largest absolute Gasteiger partial charge is 0.573 e. The van der Waals surface area contributed by atoms with Gasteiger partial charge in [-0.2, -0.15) is 0 Å². The van der Waals surface area contributed by atoms with Crippen molar-refractivity contribution in [1.29, 1.82) is 0 Å². The van der Waals surface area contributed by atoms with Gasteiger partial charge in [-0.05, 0) is 48.7 Å². The molecule has 0 amide bonds. The summed E-state index contributed by atoms with van der Waals surface area (Å²) >= 11 is 0. The second kappa shape index (κ2) is 6.73. The minimum absolute atomic E-state index is 0.277. The minimum Gasteiger partial charge on any atom is -0.462 e. The first kappa shape index (κ1) is 16.9. The molecule has 0 atom stereocenters. The summed E-state index contributed by atoms with van der Waals surface area (Å²) in [6, 6.07) is 10.7. The molecule has 3 nitrogen and oxygen atoms in total. The monoisotopic (exact) mass is 324 g/mol. The zero-order valence-electron chi connectivity index (χ0n) is 12.6. The third kappa shape index (κ3) is 4.48. The number of halogens is 3. The number of aryl methyl sites for hydroxylation is 1. The number of hydrogen-bond donors (Lipinski definition) is 0. The van der Waals surface area contributed by atoms with Gasteiger partial charge >= 0.3 is 12.3 Å². The SMILES string of the molecule is CCOC(=O)c1ccc(-c2ccc(OC(F)(F)F)cc2)cc1C. The number of alkyl halides is 3. The Balaban J connectivity index is 2.22. The second-order valence-electron chi connectivity index (χ2n) is 4.82. The Morgan fingerprint density at radius 1 is 1.04 bits per heavy atom. The molecule has 0 aliphatic carbocycles. The lowest BCUT2D eigenvalue weighted by Gasteiger charge is -2.10. The Morgan fingerprint density at radius 3 is 2.17 bits per heavy atom. The molecule has 2 rings (SSSR count). The number of rotatable bonds is 4. The Labute approximate surface area is 131 Å². The van der Waals surface area contributed by atoms with E-state index in [2.05, 4.69) is 4.74 Å². The quantitative estimate of drug-likeness (QED) is 0.762. The van der Waals surface area contributed by atoms with Gasteiger partial charge in [0.15, 0.2) is 0 Å². The summed E-state index contributed by atoms with van der Waals surface area (Å²) < 4.78 is 45.2. The van der Waals surface area contributed by atoms with Crippen LogP contribution in [0.5, 0.6) is 5.75 Å². The van der Waals surface area contributed by atoms with Crippen molar-refractivity contribution < 1.29 is 27.4 Å². The van der Waals surface area contributed by atoms with Crippen molar-refractivity contribution >= 4 is 5.97 Å². The van der Waals surface area contributed by atoms with E-state index in [0.717, 1.165) is 16.7 Å². The molecule has 2 aromatic rings. The van der Waals surface area contributed by atoms with Crippen LogP contribution in [-0.4, -0.2) is 18.9 Å². The van der Waals surface area contributed by atoms with Crippen LogP contribution in [0, 0.1) is 6.92 Å². The van der Waals surface area contributed by atoms with Gasteiger partial charge in [-0.25, -0.2) is 4.79 Å². The van der Waals surface area contributed by atoms with E-state index in [1.165, 1.54) is 24.3 Å². The van der Waals surface area contributed by atoms with Crippen LogP contribution >= 0.6 is 0 Å². The zero-order chi connectivity index (χ0) is 17.0. The highest BCUT2D eigenvalue weighted by Gasteiger charge is 2.30. The lowest BCUT2D eigenvalue weighted by atomic mass is 10.00. The van der Waals surface area contributed by atoms with Crippen molar-refractivity contribution in [3.8, 4) is 16.9 Å². The molecule has 0 saturated heterocycles. The van der Waals surface area contributed by atoms with Gasteiger partial charge in [0.05, 0.1) is 12.2 Å². The van der Waals surface area contributed by atoms with Crippen LogP contribution in [0.1, 0.15) is 22.8 Å². The van der Waals surface area contributed by atoms with Gasteiger partial charge in [0, 0.05) is 0 Å². The summed E-state index contributed by atoms with van der Waals surface area (Å²) in [5.74, 6) is -0.674. The molecule has 0 aliphatic rings. The van der Waals surface area contributed by atoms with Crippen LogP contribution in [0.15, 0.2) is 42.5 Å². The maximum absolute atomic E-state index is 12.1. The van der Waals surface area contributed by atoms with Crippen molar-refractivity contribution in [3.05, 3.63) is 53.6 Å². The average Bonchev–Trinajstić information content (AvgIpc) is 2.46. The zero-order valence-corrected chi connectivity index (χ0v) is 12.6. The summed E-state index contributed by atoms with van der Waals surface area (Å²) in [7, 11) is 0. The molecule has 0 radical (unpaired) electrons. The molecule has 0 fully saturated rings. The van der Waals surface area contributed by atoms with Gasteiger partial charge in [-0.1, -0.05) is 24.3 Å². The van der Waals surface area contributed by atoms with E-state index in [-0.39, 0.29) is 5.75 Å². The van der Waals surface area contributed by atoms with Gasteiger partial charge in [-0.15, -0.1) is 13.2 Å². The van der Waals surface area contributed by atoms with Gasteiger partial charge in [0.2, 0.25) is 0 Å². The number of benzene rings is 2. The maximum Gasteiger partial charge on any atom is 0.573 e. The van der Waals surface area contributed by atoms with Crippen LogP contribution in [0.4, 0.5) is 13.2 Å². The normalized spacial score (nSPS) is 11.2. The fraction of sp³-hybridized carbons (Fsp3) is 0.235. The van der Waals surface area contributed by atoms with Gasteiger partial charge < -0.3 is 9.47 Å². The fourth-order valence-corrected chi connectivity index (χ4v) is 2.13. The van der Waals surface area contributed by atoms with Crippen LogP contribution in [0.25, 0.3) is 11.1 Å². The number of carbonyl (C=O) groups is 1. The summed E-state index contributed by atoms with van der Waals surface area (Å²) in [6.45, 7) is 3.80. The molecule has 0 spiro atoms. The van der Waals surface area contributed by atoms with E-state index >= 15 is 0 Å².